The molecule has 0 radical (unpaired) electrons. The molecule has 0 spiro atoms. The predicted molar refractivity (Wildman–Crippen MR) is 154 cm³/mol. The zero-order chi connectivity index (χ0) is 27.4. The minimum atomic E-state index is -1.18. The van der Waals surface area contributed by atoms with E-state index in [1.165, 1.54) is 0 Å². The van der Waals surface area contributed by atoms with Gasteiger partial charge in [0.25, 0.3) is 0 Å². The molecule has 3 rings (SSSR count). The number of hydrogen-bond donors (Lipinski definition) is 1. The summed E-state index contributed by atoms with van der Waals surface area (Å²) in [5, 5.41) is 9.74. The first-order chi connectivity index (χ1) is 18.3. The zero-order valence-corrected chi connectivity index (χ0v) is 24.3. The van der Waals surface area contributed by atoms with Gasteiger partial charge >= 0.3 is 0 Å². The van der Waals surface area contributed by atoms with Gasteiger partial charge < -0.3 is 28.8 Å². The third kappa shape index (κ3) is 8.16. The molecule has 1 N–H and O–H groups in total. The molecule has 1 atom stereocenters. The second kappa shape index (κ2) is 14.5. The summed E-state index contributed by atoms with van der Waals surface area (Å²) in [6, 6.07) is 27.1. The van der Waals surface area contributed by atoms with Gasteiger partial charge in [0.15, 0.2) is 0 Å². The standard InChI is InChI=1S/C31H42O6Si/c1-33-28-15-11-26(12-16-28)31(25-9-7-6-8-10-25,27-13-17-29(34-2)18-14-27)37-23-30(19-20-32)36-24-35-21-22-38(3,4)5/h6-18,30,32H,19-24H2,1-5H3/t30-/m0/s1. The van der Waals surface area contributed by atoms with Gasteiger partial charge in [-0.1, -0.05) is 74.2 Å². The average Bonchev–Trinajstić information content (AvgIpc) is 2.93. The molecule has 0 fully saturated rings. The van der Waals surface area contributed by atoms with Gasteiger partial charge in [0.1, 0.15) is 23.9 Å². The van der Waals surface area contributed by atoms with Crippen molar-refractivity contribution in [3.63, 3.8) is 0 Å². The molecule has 3 aromatic rings. The third-order valence-electron chi connectivity index (χ3n) is 6.49. The molecule has 7 heteroatoms. The number of hydrogen-bond acceptors (Lipinski definition) is 6. The van der Waals surface area contributed by atoms with E-state index in [4.69, 9.17) is 23.7 Å². The average molecular weight is 539 g/mol. The van der Waals surface area contributed by atoms with E-state index in [1.54, 1.807) is 14.2 Å². The van der Waals surface area contributed by atoms with Crippen LogP contribution in [0, 0.1) is 0 Å². The second-order valence-electron chi connectivity index (χ2n) is 10.5. The van der Waals surface area contributed by atoms with E-state index in [0.717, 1.165) is 34.2 Å². The van der Waals surface area contributed by atoms with E-state index in [9.17, 15) is 5.11 Å². The first-order valence-electron chi connectivity index (χ1n) is 13.1. The number of benzene rings is 3. The summed E-state index contributed by atoms with van der Waals surface area (Å²) in [5.74, 6) is 1.53. The second-order valence-corrected chi connectivity index (χ2v) is 16.1. The van der Waals surface area contributed by atoms with Gasteiger partial charge in [-0.2, -0.15) is 0 Å². The van der Waals surface area contributed by atoms with E-state index in [0.29, 0.717) is 13.0 Å². The van der Waals surface area contributed by atoms with Crippen molar-refractivity contribution in [3.8, 4) is 11.5 Å². The molecular formula is C31H42O6Si. The molecule has 0 saturated heterocycles. The van der Waals surface area contributed by atoms with Crippen molar-refractivity contribution in [2.24, 2.45) is 0 Å². The fourth-order valence-electron chi connectivity index (χ4n) is 4.23. The molecule has 0 saturated carbocycles. The number of aliphatic hydroxyl groups is 1. The van der Waals surface area contributed by atoms with Crippen molar-refractivity contribution >= 4 is 8.07 Å². The number of aliphatic hydroxyl groups excluding tert-OH is 1. The molecule has 38 heavy (non-hydrogen) atoms. The summed E-state index contributed by atoms with van der Waals surface area (Å²) < 4.78 is 29.6. The molecule has 0 heterocycles. The van der Waals surface area contributed by atoms with Crippen LogP contribution in [-0.4, -0.2) is 60.1 Å². The van der Waals surface area contributed by atoms with E-state index in [2.05, 4.69) is 31.8 Å². The van der Waals surface area contributed by atoms with Gasteiger partial charge in [0.05, 0.1) is 26.9 Å². The quantitative estimate of drug-likeness (QED) is 0.103. The van der Waals surface area contributed by atoms with Crippen LogP contribution in [0.5, 0.6) is 11.5 Å². The lowest BCUT2D eigenvalue weighted by molar-refractivity contribution is -0.128. The Morgan fingerprint density at radius 1 is 0.763 bits per heavy atom. The summed E-state index contributed by atoms with van der Waals surface area (Å²) in [6.07, 6.45) is 0.0967. The SMILES string of the molecule is COc1ccc(C(OC[C@H](CCO)OCOCC[Si](C)(C)C)(c2ccccc2)c2ccc(OC)cc2)cc1. The molecule has 0 aliphatic rings. The first-order valence-corrected chi connectivity index (χ1v) is 16.8. The molecule has 0 bridgehead atoms. The van der Waals surface area contributed by atoms with Gasteiger partial charge in [-0.25, -0.2) is 0 Å². The van der Waals surface area contributed by atoms with Crippen LogP contribution in [0.25, 0.3) is 0 Å². The largest absolute Gasteiger partial charge is 0.497 e. The maximum Gasteiger partial charge on any atom is 0.147 e. The molecule has 0 amide bonds. The normalized spacial score (nSPS) is 12.8. The van der Waals surface area contributed by atoms with Crippen LogP contribution in [0.3, 0.4) is 0 Å². The van der Waals surface area contributed by atoms with E-state index < -0.39 is 13.7 Å². The van der Waals surface area contributed by atoms with Crippen molar-refractivity contribution in [1.82, 2.24) is 0 Å². The van der Waals surface area contributed by atoms with Crippen LogP contribution in [-0.2, 0) is 19.8 Å². The predicted octanol–water partition coefficient (Wildman–Crippen LogP) is 6.09. The van der Waals surface area contributed by atoms with Gasteiger partial charge in [0, 0.05) is 21.3 Å². The lowest BCUT2D eigenvalue weighted by Crippen LogP contribution is -2.37. The van der Waals surface area contributed by atoms with Crippen molar-refractivity contribution in [3.05, 3.63) is 95.6 Å². The van der Waals surface area contributed by atoms with Gasteiger partial charge in [0.2, 0.25) is 0 Å². The maximum atomic E-state index is 9.74. The van der Waals surface area contributed by atoms with Crippen molar-refractivity contribution in [2.45, 2.75) is 43.8 Å². The summed E-state index contributed by atoms with van der Waals surface area (Å²) >= 11 is 0. The summed E-state index contributed by atoms with van der Waals surface area (Å²) in [4.78, 5) is 0. The van der Waals surface area contributed by atoms with Gasteiger partial charge in [-0.3, -0.25) is 0 Å². The van der Waals surface area contributed by atoms with Crippen LogP contribution < -0.4 is 9.47 Å². The highest BCUT2D eigenvalue weighted by Crippen LogP contribution is 2.42. The van der Waals surface area contributed by atoms with Crippen LogP contribution in [0.1, 0.15) is 23.1 Å². The third-order valence-corrected chi connectivity index (χ3v) is 8.20. The van der Waals surface area contributed by atoms with Gasteiger partial charge in [-0.05, 0) is 53.4 Å². The minimum Gasteiger partial charge on any atom is -0.497 e. The minimum absolute atomic E-state index is 0.00760. The highest BCUT2D eigenvalue weighted by molar-refractivity contribution is 6.76. The first kappa shape index (κ1) is 29.9. The Kier molecular flexibility index (Phi) is 11.4. The Morgan fingerprint density at radius 3 is 1.76 bits per heavy atom. The maximum absolute atomic E-state index is 9.74. The van der Waals surface area contributed by atoms with E-state index in [1.807, 2.05) is 66.7 Å². The number of methoxy groups -OCH3 is 2. The van der Waals surface area contributed by atoms with Crippen molar-refractivity contribution in [1.29, 1.82) is 0 Å². The molecule has 0 aliphatic heterocycles. The van der Waals surface area contributed by atoms with Crippen molar-refractivity contribution in [2.75, 3.05) is 40.8 Å². The molecular weight excluding hydrogens is 496 g/mol. The Labute approximate surface area is 228 Å². The Hall–Kier alpha value is -2.68. The molecule has 206 valence electrons. The van der Waals surface area contributed by atoms with Crippen LogP contribution in [0.2, 0.25) is 25.7 Å². The van der Waals surface area contributed by atoms with Crippen LogP contribution in [0.15, 0.2) is 78.9 Å². The molecule has 0 aliphatic carbocycles. The Bertz CT molecular complexity index is 1020. The molecule has 0 unspecified atom stereocenters. The fourth-order valence-corrected chi connectivity index (χ4v) is 4.99. The smallest absolute Gasteiger partial charge is 0.147 e. The van der Waals surface area contributed by atoms with Gasteiger partial charge in [-0.15, -0.1) is 0 Å². The Balaban J connectivity index is 1.94. The number of rotatable bonds is 16. The van der Waals surface area contributed by atoms with Crippen LogP contribution in [0.4, 0.5) is 0 Å². The van der Waals surface area contributed by atoms with Crippen molar-refractivity contribution < 1.29 is 28.8 Å². The molecule has 0 aromatic heterocycles. The van der Waals surface area contributed by atoms with E-state index in [-0.39, 0.29) is 26.1 Å². The summed E-state index contributed by atoms with van der Waals surface area (Å²) in [6.45, 7) is 8.05. The zero-order valence-electron chi connectivity index (χ0n) is 23.3. The highest BCUT2D eigenvalue weighted by Gasteiger charge is 2.38. The molecule has 6 nitrogen and oxygen atoms in total. The summed E-state index contributed by atoms with van der Waals surface area (Å²) in [5.41, 5.74) is 1.94. The number of ether oxygens (including phenoxy) is 5. The monoisotopic (exact) mass is 538 g/mol. The lowest BCUT2D eigenvalue weighted by Gasteiger charge is -2.37. The topological polar surface area (TPSA) is 66.4 Å². The van der Waals surface area contributed by atoms with Crippen LogP contribution >= 0.6 is 0 Å². The lowest BCUT2D eigenvalue weighted by atomic mass is 9.80. The van der Waals surface area contributed by atoms with E-state index >= 15 is 0 Å². The summed E-state index contributed by atoms with van der Waals surface area (Å²) in [7, 11) is 2.13. The molecule has 3 aromatic carbocycles. The highest BCUT2D eigenvalue weighted by atomic mass is 28.3. The Morgan fingerprint density at radius 2 is 1.29 bits per heavy atom. The fraction of sp³-hybridized carbons (Fsp3) is 0.419.